The van der Waals surface area contributed by atoms with Gasteiger partial charge in [-0.25, -0.2) is 4.79 Å². The lowest BCUT2D eigenvalue weighted by atomic mass is 9.53. The number of esters is 1. The van der Waals surface area contributed by atoms with Crippen LogP contribution in [0.25, 0.3) is 0 Å². The van der Waals surface area contributed by atoms with E-state index >= 15 is 0 Å². The van der Waals surface area contributed by atoms with Gasteiger partial charge < -0.3 is 15.4 Å². The van der Waals surface area contributed by atoms with Crippen LogP contribution in [0.5, 0.6) is 0 Å². The Balaban J connectivity index is 1.29. The quantitative estimate of drug-likeness (QED) is 0.749. The Hall–Kier alpha value is -1.88. The first kappa shape index (κ1) is 18.5. The fourth-order valence-electron chi connectivity index (χ4n) is 5.77. The van der Waals surface area contributed by atoms with Gasteiger partial charge in [0.15, 0.2) is 0 Å². The molecule has 4 saturated carbocycles. The van der Waals surface area contributed by atoms with Crippen molar-refractivity contribution in [2.24, 2.45) is 17.8 Å². The second kappa shape index (κ2) is 7.27. The number of hydrogen-bond donors (Lipinski definition) is 2. The van der Waals surface area contributed by atoms with Gasteiger partial charge in [0.25, 0.3) is 0 Å². The summed E-state index contributed by atoms with van der Waals surface area (Å²) in [4.78, 5) is 24.3. The van der Waals surface area contributed by atoms with Gasteiger partial charge in [-0.15, -0.1) is 0 Å². The lowest BCUT2D eigenvalue weighted by Crippen LogP contribution is -2.59. The van der Waals surface area contributed by atoms with Crippen molar-refractivity contribution in [2.75, 3.05) is 11.9 Å². The highest BCUT2D eigenvalue weighted by molar-refractivity contribution is 5.94. The molecule has 4 aliphatic carbocycles. The largest absolute Gasteiger partial charge is 0.459 e. The number of carbonyl (C=O) groups excluding carboxylic acids is 2. The lowest BCUT2D eigenvalue weighted by Gasteiger charge is -2.57. The van der Waals surface area contributed by atoms with Gasteiger partial charge in [0.1, 0.15) is 0 Å². The molecular formula is C22H30N2O3. The standard InChI is InChI=1S/C22H30N2O3/c1-14(2)27-21(26)18-3-5-19(6-4-18)24-20(25)13-23-22-10-15-7-16(11-22)9-17(8-15)12-22/h3-6,14-17,23H,7-13H2,1-2H3,(H,24,25). The minimum atomic E-state index is -0.341. The van der Waals surface area contributed by atoms with Crippen LogP contribution < -0.4 is 10.6 Å². The van der Waals surface area contributed by atoms with Gasteiger partial charge in [-0.3, -0.25) is 4.79 Å². The van der Waals surface area contributed by atoms with Gasteiger partial charge in [0.2, 0.25) is 5.91 Å². The van der Waals surface area contributed by atoms with Crippen molar-refractivity contribution in [3.63, 3.8) is 0 Å². The second-order valence-electron chi connectivity index (χ2n) is 9.13. The molecule has 0 atom stereocenters. The lowest BCUT2D eigenvalue weighted by molar-refractivity contribution is -0.116. The fraction of sp³-hybridized carbons (Fsp3) is 0.636. The minimum absolute atomic E-state index is 0.0248. The zero-order chi connectivity index (χ0) is 19.0. The van der Waals surface area contributed by atoms with Crippen LogP contribution in [0.2, 0.25) is 0 Å². The molecule has 27 heavy (non-hydrogen) atoms. The maximum absolute atomic E-state index is 12.4. The average molecular weight is 370 g/mol. The summed E-state index contributed by atoms with van der Waals surface area (Å²) < 4.78 is 5.18. The summed E-state index contributed by atoms with van der Waals surface area (Å²) >= 11 is 0. The highest BCUT2D eigenvalue weighted by Crippen LogP contribution is 2.55. The SMILES string of the molecule is CC(C)OC(=O)c1ccc(NC(=O)CNC23CC4CC(CC(C4)C2)C3)cc1. The van der Waals surface area contributed by atoms with Crippen LogP contribution in [0.15, 0.2) is 24.3 Å². The Morgan fingerprint density at radius 1 is 1.04 bits per heavy atom. The first-order valence-corrected chi connectivity index (χ1v) is 10.3. The van der Waals surface area contributed by atoms with Crippen LogP contribution in [0.4, 0.5) is 5.69 Å². The van der Waals surface area contributed by atoms with Crippen molar-refractivity contribution in [3.8, 4) is 0 Å². The molecular weight excluding hydrogens is 340 g/mol. The summed E-state index contributed by atoms with van der Waals surface area (Å²) in [6, 6.07) is 6.87. The molecule has 2 N–H and O–H groups in total. The molecule has 0 unspecified atom stereocenters. The van der Waals surface area contributed by atoms with Crippen LogP contribution in [0.1, 0.15) is 62.7 Å². The van der Waals surface area contributed by atoms with E-state index in [1.165, 1.54) is 38.5 Å². The summed E-state index contributed by atoms with van der Waals surface area (Å²) in [7, 11) is 0. The van der Waals surface area contributed by atoms with Crippen LogP contribution in [0, 0.1) is 17.8 Å². The number of benzene rings is 1. The monoisotopic (exact) mass is 370 g/mol. The summed E-state index contributed by atoms with van der Waals surface area (Å²) in [5.74, 6) is 2.23. The van der Waals surface area contributed by atoms with E-state index in [4.69, 9.17) is 4.74 Å². The highest BCUT2D eigenvalue weighted by Gasteiger charge is 2.50. The molecule has 4 bridgehead atoms. The molecule has 1 aromatic carbocycles. The molecule has 4 aliphatic rings. The van der Waals surface area contributed by atoms with Gasteiger partial charge in [-0.2, -0.15) is 0 Å². The molecule has 5 rings (SSSR count). The highest BCUT2D eigenvalue weighted by atomic mass is 16.5. The Morgan fingerprint density at radius 2 is 1.59 bits per heavy atom. The minimum Gasteiger partial charge on any atom is -0.459 e. The summed E-state index contributed by atoms with van der Waals surface area (Å²) in [6.07, 6.45) is 7.76. The van der Waals surface area contributed by atoms with Crippen LogP contribution in [-0.2, 0) is 9.53 Å². The maximum atomic E-state index is 12.4. The van der Waals surface area contributed by atoms with Gasteiger partial charge in [0, 0.05) is 11.2 Å². The van der Waals surface area contributed by atoms with Crippen molar-refractivity contribution >= 4 is 17.6 Å². The topological polar surface area (TPSA) is 67.4 Å². The van der Waals surface area contributed by atoms with Crippen LogP contribution in [-0.4, -0.2) is 30.1 Å². The van der Waals surface area contributed by atoms with E-state index in [1.54, 1.807) is 24.3 Å². The summed E-state index contributed by atoms with van der Waals surface area (Å²) in [5.41, 5.74) is 1.39. The van der Waals surface area contributed by atoms with E-state index in [1.807, 2.05) is 13.8 Å². The number of nitrogens with one attached hydrogen (secondary N) is 2. The normalized spacial score (nSPS) is 31.1. The van der Waals surface area contributed by atoms with E-state index in [-0.39, 0.29) is 23.5 Å². The Kier molecular flexibility index (Phi) is 4.97. The first-order chi connectivity index (χ1) is 12.9. The number of amides is 1. The van der Waals surface area contributed by atoms with Crippen molar-refractivity contribution in [3.05, 3.63) is 29.8 Å². The number of ether oxygens (including phenoxy) is 1. The third kappa shape index (κ3) is 4.18. The van der Waals surface area contributed by atoms with Gasteiger partial charge in [-0.1, -0.05) is 0 Å². The zero-order valence-electron chi connectivity index (χ0n) is 16.3. The molecule has 1 amide bonds. The Bertz CT molecular complexity index is 675. The Morgan fingerprint density at radius 3 is 2.11 bits per heavy atom. The summed E-state index contributed by atoms with van der Waals surface area (Å²) in [5, 5.41) is 6.54. The van der Waals surface area contributed by atoms with Crippen molar-refractivity contribution in [1.29, 1.82) is 0 Å². The molecule has 0 aromatic heterocycles. The fourth-order valence-corrected chi connectivity index (χ4v) is 5.77. The van der Waals surface area contributed by atoms with Crippen LogP contribution >= 0.6 is 0 Å². The number of hydrogen-bond acceptors (Lipinski definition) is 4. The van der Waals surface area contributed by atoms with Gasteiger partial charge >= 0.3 is 5.97 Å². The number of rotatable bonds is 6. The van der Waals surface area contributed by atoms with Crippen molar-refractivity contribution in [2.45, 2.75) is 64.0 Å². The predicted octanol–water partition coefficient (Wildman–Crippen LogP) is 3.75. The van der Waals surface area contributed by atoms with E-state index in [0.717, 1.165) is 17.8 Å². The van der Waals surface area contributed by atoms with E-state index in [2.05, 4.69) is 10.6 Å². The first-order valence-electron chi connectivity index (χ1n) is 10.3. The zero-order valence-corrected chi connectivity index (χ0v) is 16.3. The molecule has 5 heteroatoms. The molecule has 5 nitrogen and oxygen atoms in total. The molecule has 0 radical (unpaired) electrons. The van der Waals surface area contributed by atoms with Gasteiger partial charge in [-0.05, 0) is 94.4 Å². The van der Waals surface area contributed by atoms with Crippen molar-refractivity contribution < 1.29 is 14.3 Å². The van der Waals surface area contributed by atoms with Gasteiger partial charge in [0.05, 0.1) is 18.2 Å². The third-order valence-electron chi connectivity index (χ3n) is 6.41. The van der Waals surface area contributed by atoms with E-state index in [0.29, 0.717) is 17.8 Å². The van der Waals surface area contributed by atoms with Crippen LogP contribution in [0.3, 0.4) is 0 Å². The Labute approximate surface area is 161 Å². The predicted molar refractivity (Wildman–Crippen MR) is 105 cm³/mol. The third-order valence-corrected chi connectivity index (χ3v) is 6.41. The average Bonchev–Trinajstić information content (AvgIpc) is 2.59. The molecule has 0 aliphatic heterocycles. The maximum Gasteiger partial charge on any atom is 0.338 e. The smallest absolute Gasteiger partial charge is 0.338 e. The van der Waals surface area contributed by atoms with E-state index in [9.17, 15) is 9.59 Å². The van der Waals surface area contributed by atoms with Crippen molar-refractivity contribution in [1.82, 2.24) is 5.32 Å². The van der Waals surface area contributed by atoms with E-state index < -0.39 is 0 Å². The molecule has 0 spiro atoms. The number of anilines is 1. The molecule has 146 valence electrons. The second-order valence-corrected chi connectivity index (χ2v) is 9.13. The number of carbonyl (C=O) groups is 2. The summed E-state index contributed by atoms with van der Waals surface area (Å²) in [6.45, 7) is 4.00. The molecule has 4 fully saturated rings. The molecule has 1 aromatic rings. The molecule has 0 heterocycles. The molecule has 0 saturated heterocycles.